The smallest absolute Gasteiger partial charge is 0.181 e. The molecule has 0 aliphatic carbocycles. The molecular formula is C12H17NO3S. The van der Waals surface area contributed by atoms with Gasteiger partial charge in [0.15, 0.2) is 5.78 Å². The number of ketones is 1. The van der Waals surface area contributed by atoms with Gasteiger partial charge in [-0.15, -0.1) is 0 Å². The van der Waals surface area contributed by atoms with Crippen LogP contribution in [0.3, 0.4) is 0 Å². The number of rotatable bonds is 6. The number of Topliss-reactive ketones (excluding diaryl/α,β-unsaturated/α-hetero) is 1. The fourth-order valence-electron chi connectivity index (χ4n) is 1.42. The standard InChI is InChI=1S/C12H17NO3S/c1-3-17(15,16)9-5-8-12(14)11-7-4-6-10(2)13-11/h4,6-7H,3,5,8-9H2,1-2H3. The van der Waals surface area contributed by atoms with E-state index in [0.29, 0.717) is 12.1 Å². The van der Waals surface area contributed by atoms with Crippen LogP contribution in [-0.2, 0) is 9.84 Å². The fraction of sp³-hybridized carbons (Fsp3) is 0.500. The van der Waals surface area contributed by atoms with E-state index < -0.39 is 9.84 Å². The topological polar surface area (TPSA) is 64.1 Å². The molecule has 0 amide bonds. The Kier molecular flexibility index (Phi) is 4.81. The van der Waals surface area contributed by atoms with Crippen LogP contribution in [0.5, 0.6) is 0 Å². The van der Waals surface area contributed by atoms with Crippen molar-refractivity contribution < 1.29 is 13.2 Å². The molecule has 0 saturated heterocycles. The normalized spacial score (nSPS) is 11.4. The number of carbonyl (C=O) groups excluding carboxylic acids is 1. The van der Waals surface area contributed by atoms with Crippen LogP contribution in [0.15, 0.2) is 18.2 Å². The Morgan fingerprint density at radius 2 is 2.06 bits per heavy atom. The first-order valence-electron chi connectivity index (χ1n) is 5.62. The first-order chi connectivity index (χ1) is 7.94. The number of hydrogen-bond acceptors (Lipinski definition) is 4. The van der Waals surface area contributed by atoms with E-state index in [1.165, 1.54) is 0 Å². The number of aromatic nitrogens is 1. The molecule has 1 rings (SSSR count). The summed E-state index contributed by atoms with van der Waals surface area (Å²) in [7, 11) is -2.98. The maximum atomic E-state index is 11.7. The molecule has 0 aliphatic rings. The lowest BCUT2D eigenvalue weighted by Crippen LogP contribution is -2.11. The van der Waals surface area contributed by atoms with Gasteiger partial charge in [0.05, 0.1) is 5.75 Å². The van der Waals surface area contributed by atoms with Gasteiger partial charge in [-0.1, -0.05) is 13.0 Å². The molecule has 0 saturated carbocycles. The Labute approximate surface area is 102 Å². The average Bonchev–Trinajstić information content (AvgIpc) is 2.28. The van der Waals surface area contributed by atoms with Crippen molar-refractivity contribution >= 4 is 15.6 Å². The van der Waals surface area contributed by atoms with Crippen LogP contribution < -0.4 is 0 Å². The molecular weight excluding hydrogens is 238 g/mol. The second kappa shape index (κ2) is 5.91. The molecule has 0 unspecified atom stereocenters. The van der Waals surface area contributed by atoms with Crippen molar-refractivity contribution in [2.24, 2.45) is 0 Å². The highest BCUT2D eigenvalue weighted by Crippen LogP contribution is 2.05. The van der Waals surface area contributed by atoms with Crippen LogP contribution in [0.2, 0.25) is 0 Å². The van der Waals surface area contributed by atoms with Gasteiger partial charge in [-0.05, 0) is 25.5 Å². The lowest BCUT2D eigenvalue weighted by Gasteiger charge is -2.02. The van der Waals surface area contributed by atoms with Crippen molar-refractivity contribution in [3.8, 4) is 0 Å². The van der Waals surface area contributed by atoms with E-state index in [2.05, 4.69) is 4.98 Å². The maximum absolute atomic E-state index is 11.7. The second-order valence-electron chi connectivity index (χ2n) is 3.93. The van der Waals surface area contributed by atoms with Crippen molar-refractivity contribution in [1.29, 1.82) is 0 Å². The third kappa shape index (κ3) is 4.65. The molecule has 0 aromatic carbocycles. The molecule has 17 heavy (non-hydrogen) atoms. The number of nitrogens with zero attached hydrogens (tertiary/aromatic N) is 1. The van der Waals surface area contributed by atoms with E-state index in [1.807, 2.05) is 13.0 Å². The van der Waals surface area contributed by atoms with Crippen molar-refractivity contribution in [2.45, 2.75) is 26.7 Å². The summed E-state index contributed by atoms with van der Waals surface area (Å²) in [6, 6.07) is 5.25. The van der Waals surface area contributed by atoms with Crippen LogP contribution in [0.1, 0.15) is 35.9 Å². The zero-order valence-electron chi connectivity index (χ0n) is 10.1. The van der Waals surface area contributed by atoms with Gasteiger partial charge in [-0.25, -0.2) is 8.42 Å². The minimum atomic E-state index is -2.98. The Balaban J connectivity index is 2.51. The van der Waals surface area contributed by atoms with Crippen molar-refractivity contribution in [2.75, 3.05) is 11.5 Å². The van der Waals surface area contributed by atoms with Gasteiger partial charge in [0, 0.05) is 17.9 Å². The first kappa shape index (κ1) is 13.8. The van der Waals surface area contributed by atoms with E-state index in [1.54, 1.807) is 19.1 Å². The highest BCUT2D eigenvalue weighted by Gasteiger charge is 2.11. The lowest BCUT2D eigenvalue weighted by atomic mass is 10.1. The second-order valence-corrected chi connectivity index (χ2v) is 6.40. The molecule has 1 aromatic heterocycles. The summed E-state index contributed by atoms with van der Waals surface area (Å²) in [6.45, 7) is 3.43. The van der Waals surface area contributed by atoms with Gasteiger partial charge in [0.1, 0.15) is 15.5 Å². The Bertz CT molecular complexity index is 494. The molecule has 0 spiro atoms. The highest BCUT2D eigenvalue weighted by atomic mass is 32.2. The van der Waals surface area contributed by atoms with E-state index in [9.17, 15) is 13.2 Å². The molecule has 0 radical (unpaired) electrons. The van der Waals surface area contributed by atoms with Crippen molar-refractivity contribution in [1.82, 2.24) is 4.98 Å². The summed E-state index contributed by atoms with van der Waals surface area (Å²) in [6.07, 6.45) is 0.598. The average molecular weight is 255 g/mol. The number of carbonyl (C=O) groups is 1. The largest absolute Gasteiger partial charge is 0.292 e. The van der Waals surface area contributed by atoms with E-state index in [4.69, 9.17) is 0 Å². The quantitative estimate of drug-likeness (QED) is 0.727. The summed E-state index contributed by atoms with van der Waals surface area (Å²) in [5.74, 6) is 0.102. The van der Waals surface area contributed by atoms with Crippen molar-refractivity contribution in [3.63, 3.8) is 0 Å². The number of hydrogen-bond donors (Lipinski definition) is 0. The molecule has 5 heteroatoms. The van der Waals surface area contributed by atoms with Crippen LogP contribution in [0.4, 0.5) is 0 Å². The number of pyridine rings is 1. The van der Waals surface area contributed by atoms with Crippen LogP contribution in [0, 0.1) is 6.92 Å². The minimum absolute atomic E-state index is 0.0705. The van der Waals surface area contributed by atoms with Gasteiger partial charge in [0.25, 0.3) is 0 Å². The highest BCUT2D eigenvalue weighted by molar-refractivity contribution is 7.91. The molecule has 0 N–H and O–H groups in total. The molecule has 0 aliphatic heterocycles. The SMILES string of the molecule is CCS(=O)(=O)CCCC(=O)c1cccc(C)n1. The molecule has 94 valence electrons. The molecule has 1 aromatic rings. The predicted octanol–water partition coefficient (Wildman–Crippen LogP) is 1.79. The third-order valence-corrected chi connectivity index (χ3v) is 4.26. The molecule has 1 heterocycles. The number of sulfone groups is 1. The van der Waals surface area contributed by atoms with Gasteiger partial charge >= 0.3 is 0 Å². The van der Waals surface area contributed by atoms with E-state index >= 15 is 0 Å². The zero-order valence-corrected chi connectivity index (χ0v) is 11.0. The molecule has 0 atom stereocenters. The fourth-order valence-corrected chi connectivity index (χ4v) is 2.30. The van der Waals surface area contributed by atoms with E-state index in [0.717, 1.165) is 5.69 Å². The first-order valence-corrected chi connectivity index (χ1v) is 7.44. The van der Waals surface area contributed by atoms with Crippen LogP contribution in [0.25, 0.3) is 0 Å². The summed E-state index contributed by atoms with van der Waals surface area (Å²) in [5.41, 5.74) is 1.20. The zero-order chi connectivity index (χ0) is 12.9. The lowest BCUT2D eigenvalue weighted by molar-refractivity contribution is 0.0977. The molecule has 0 bridgehead atoms. The summed E-state index contributed by atoms with van der Waals surface area (Å²) >= 11 is 0. The van der Waals surface area contributed by atoms with E-state index in [-0.39, 0.29) is 23.7 Å². The van der Waals surface area contributed by atoms with Gasteiger partial charge in [-0.2, -0.15) is 0 Å². The molecule has 4 nitrogen and oxygen atoms in total. The predicted molar refractivity (Wildman–Crippen MR) is 66.9 cm³/mol. The Morgan fingerprint density at radius 1 is 1.35 bits per heavy atom. The minimum Gasteiger partial charge on any atom is -0.292 e. The summed E-state index contributed by atoms with van der Waals surface area (Å²) in [4.78, 5) is 15.8. The Morgan fingerprint density at radius 3 is 2.65 bits per heavy atom. The number of aryl methyl sites for hydroxylation is 1. The summed E-state index contributed by atoms with van der Waals surface area (Å²) < 4.78 is 22.5. The van der Waals surface area contributed by atoms with Gasteiger partial charge < -0.3 is 0 Å². The third-order valence-electron chi connectivity index (χ3n) is 2.47. The maximum Gasteiger partial charge on any atom is 0.181 e. The van der Waals surface area contributed by atoms with Crippen molar-refractivity contribution in [3.05, 3.63) is 29.6 Å². The molecule has 0 fully saturated rings. The van der Waals surface area contributed by atoms with Crippen LogP contribution >= 0.6 is 0 Å². The monoisotopic (exact) mass is 255 g/mol. The van der Waals surface area contributed by atoms with Crippen LogP contribution in [-0.4, -0.2) is 30.7 Å². The van der Waals surface area contributed by atoms with Gasteiger partial charge in [-0.3, -0.25) is 9.78 Å². The van der Waals surface area contributed by atoms with Gasteiger partial charge in [0.2, 0.25) is 0 Å². The Hall–Kier alpha value is -1.23. The summed E-state index contributed by atoms with van der Waals surface area (Å²) in [5, 5.41) is 0.